The van der Waals surface area contributed by atoms with Crippen LogP contribution in [0.1, 0.15) is 15.9 Å². The summed E-state index contributed by atoms with van der Waals surface area (Å²) in [5.41, 5.74) is 1.14. The highest BCUT2D eigenvalue weighted by molar-refractivity contribution is 5.95. The molecule has 0 atom stereocenters. The molecule has 0 amide bonds. The van der Waals surface area contributed by atoms with Gasteiger partial charge in [-0.15, -0.1) is 0 Å². The Morgan fingerprint density at radius 1 is 1.25 bits per heavy atom. The fourth-order valence-electron chi connectivity index (χ4n) is 1.96. The number of halogens is 1. The van der Waals surface area contributed by atoms with Crippen molar-refractivity contribution < 1.29 is 14.3 Å². The molecule has 0 saturated carbocycles. The van der Waals surface area contributed by atoms with Gasteiger partial charge in [0.1, 0.15) is 11.9 Å². The first-order valence-corrected chi connectivity index (χ1v) is 5.80. The molecule has 0 heterocycles. The first-order valence-electron chi connectivity index (χ1n) is 5.80. The van der Waals surface area contributed by atoms with Gasteiger partial charge in [-0.2, -0.15) is 5.26 Å². The van der Waals surface area contributed by atoms with Crippen molar-refractivity contribution in [3.05, 3.63) is 59.4 Å². The maximum atomic E-state index is 13.2. The standard InChI is InChI=1S/C15H11FN2O2/c1-18(13-5-3-2-4-10(13)9-17)14-7-6-11(16)8-12(14)15(19)20/h2-8H,1H3,(H,19,20). The topological polar surface area (TPSA) is 64.3 Å². The first kappa shape index (κ1) is 13.6. The summed E-state index contributed by atoms with van der Waals surface area (Å²) in [5, 5.41) is 18.2. The first-order chi connectivity index (χ1) is 9.54. The highest BCUT2D eigenvalue weighted by Crippen LogP contribution is 2.29. The molecule has 0 aliphatic heterocycles. The molecular formula is C15H11FN2O2. The number of benzene rings is 2. The highest BCUT2D eigenvalue weighted by Gasteiger charge is 2.17. The molecule has 1 N–H and O–H groups in total. The summed E-state index contributed by atoms with van der Waals surface area (Å²) in [5.74, 6) is -1.84. The van der Waals surface area contributed by atoms with Crippen LogP contribution in [0, 0.1) is 17.1 Å². The number of rotatable bonds is 3. The van der Waals surface area contributed by atoms with Crippen molar-refractivity contribution in [3.63, 3.8) is 0 Å². The third-order valence-corrected chi connectivity index (χ3v) is 2.94. The zero-order valence-corrected chi connectivity index (χ0v) is 10.7. The quantitative estimate of drug-likeness (QED) is 0.930. The molecule has 0 spiro atoms. The summed E-state index contributed by atoms with van der Waals surface area (Å²) in [6.45, 7) is 0. The van der Waals surface area contributed by atoms with E-state index in [2.05, 4.69) is 0 Å². The molecule has 0 fully saturated rings. The number of nitrogens with zero attached hydrogens (tertiary/aromatic N) is 2. The van der Waals surface area contributed by atoms with E-state index in [9.17, 15) is 9.18 Å². The van der Waals surface area contributed by atoms with Crippen LogP contribution in [-0.4, -0.2) is 18.1 Å². The van der Waals surface area contributed by atoms with Crippen molar-refractivity contribution in [3.8, 4) is 6.07 Å². The zero-order chi connectivity index (χ0) is 14.7. The van der Waals surface area contributed by atoms with Gasteiger partial charge in [0.15, 0.2) is 0 Å². The fraction of sp³-hybridized carbons (Fsp3) is 0.0667. The van der Waals surface area contributed by atoms with Crippen LogP contribution in [0.15, 0.2) is 42.5 Å². The van der Waals surface area contributed by atoms with Crippen LogP contribution in [0.4, 0.5) is 15.8 Å². The van der Waals surface area contributed by atoms with Crippen molar-refractivity contribution in [1.29, 1.82) is 5.26 Å². The van der Waals surface area contributed by atoms with Gasteiger partial charge in [-0.1, -0.05) is 12.1 Å². The third-order valence-electron chi connectivity index (χ3n) is 2.94. The minimum absolute atomic E-state index is 0.153. The molecule has 0 aromatic heterocycles. The molecule has 0 saturated heterocycles. The molecule has 0 unspecified atom stereocenters. The molecule has 2 aromatic rings. The smallest absolute Gasteiger partial charge is 0.337 e. The Hall–Kier alpha value is -2.87. The van der Waals surface area contributed by atoms with Crippen LogP contribution in [-0.2, 0) is 0 Å². The molecule has 20 heavy (non-hydrogen) atoms. The van der Waals surface area contributed by atoms with E-state index in [0.29, 0.717) is 16.9 Å². The Balaban J connectivity index is 2.57. The maximum absolute atomic E-state index is 13.2. The Bertz CT molecular complexity index is 707. The van der Waals surface area contributed by atoms with Crippen molar-refractivity contribution in [2.45, 2.75) is 0 Å². The summed E-state index contributed by atoms with van der Waals surface area (Å²) in [6.07, 6.45) is 0. The summed E-state index contributed by atoms with van der Waals surface area (Å²) >= 11 is 0. The van der Waals surface area contributed by atoms with Gasteiger partial charge in [-0.25, -0.2) is 9.18 Å². The molecule has 0 bridgehead atoms. The van der Waals surface area contributed by atoms with Crippen LogP contribution in [0.2, 0.25) is 0 Å². The van der Waals surface area contributed by atoms with Gasteiger partial charge in [-0.05, 0) is 30.3 Å². The Morgan fingerprint density at radius 3 is 2.60 bits per heavy atom. The molecule has 100 valence electrons. The number of carboxylic acids is 1. The largest absolute Gasteiger partial charge is 0.478 e. The minimum atomic E-state index is -1.22. The van der Waals surface area contributed by atoms with E-state index in [1.807, 2.05) is 6.07 Å². The lowest BCUT2D eigenvalue weighted by molar-refractivity contribution is 0.0697. The second-order valence-corrected chi connectivity index (χ2v) is 4.15. The van der Waals surface area contributed by atoms with Crippen LogP contribution in [0.25, 0.3) is 0 Å². The second kappa shape index (κ2) is 5.41. The van der Waals surface area contributed by atoms with Crippen LogP contribution in [0.3, 0.4) is 0 Å². The van der Waals surface area contributed by atoms with Crippen molar-refractivity contribution in [2.75, 3.05) is 11.9 Å². The Labute approximate surface area is 115 Å². The molecule has 2 rings (SSSR count). The predicted molar refractivity (Wildman–Crippen MR) is 72.6 cm³/mol. The van der Waals surface area contributed by atoms with Crippen LogP contribution >= 0.6 is 0 Å². The summed E-state index contributed by atoms with van der Waals surface area (Å²) in [4.78, 5) is 12.8. The molecule has 4 nitrogen and oxygen atoms in total. The molecule has 0 aliphatic carbocycles. The van der Waals surface area contributed by atoms with E-state index in [1.54, 1.807) is 36.2 Å². The number of carboxylic acid groups (broad SMARTS) is 1. The van der Waals surface area contributed by atoms with Crippen LogP contribution < -0.4 is 4.90 Å². The molecule has 0 aliphatic rings. The lowest BCUT2D eigenvalue weighted by Crippen LogP contribution is -2.15. The third kappa shape index (κ3) is 2.45. The number of hydrogen-bond donors (Lipinski definition) is 1. The van der Waals surface area contributed by atoms with Crippen LogP contribution in [0.5, 0.6) is 0 Å². The Morgan fingerprint density at radius 2 is 1.95 bits per heavy atom. The lowest BCUT2D eigenvalue weighted by Gasteiger charge is -2.22. The minimum Gasteiger partial charge on any atom is -0.478 e. The molecule has 2 aromatic carbocycles. The summed E-state index contributed by atoms with van der Waals surface area (Å²) in [6, 6.07) is 12.4. The molecule has 0 radical (unpaired) electrons. The lowest BCUT2D eigenvalue weighted by atomic mass is 10.1. The molecular weight excluding hydrogens is 259 g/mol. The number of aromatic carboxylic acids is 1. The van der Waals surface area contributed by atoms with E-state index in [0.717, 1.165) is 6.07 Å². The van der Waals surface area contributed by atoms with Crippen molar-refractivity contribution in [1.82, 2.24) is 0 Å². The fourth-order valence-corrected chi connectivity index (χ4v) is 1.96. The molecule has 5 heteroatoms. The number of para-hydroxylation sites is 1. The number of hydrogen-bond acceptors (Lipinski definition) is 3. The van der Waals surface area contributed by atoms with E-state index < -0.39 is 11.8 Å². The van der Waals surface area contributed by atoms with Gasteiger partial charge in [0.05, 0.1) is 22.5 Å². The van der Waals surface area contributed by atoms with Crippen molar-refractivity contribution >= 4 is 17.3 Å². The maximum Gasteiger partial charge on any atom is 0.337 e. The second-order valence-electron chi connectivity index (χ2n) is 4.15. The van der Waals surface area contributed by atoms with Gasteiger partial charge >= 0.3 is 5.97 Å². The van der Waals surface area contributed by atoms with Gasteiger partial charge in [0, 0.05) is 7.05 Å². The zero-order valence-electron chi connectivity index (χ0n) is 10.7. The Kier molecular flexibility index (Phi) is 3.67. The number of nitriles is 1. The normalized spacial score (nSPS) is 9.85. The van der Waals surface area contributed by atoms with Gasteiger partial charge in [-0.3, -0.25) is 0 Å². The summed E-state index contributed by atoms with van der Waals surface area (Å²) in [7, 11) is 1.63. The average Bonchev–Trinajstić information content (AvgIpc) is 2.46. The summed E-state index contributed by atoms with van der Waals surface area (Å²) < 4.78 is 13.2. The number of carbonyl (C=O) groups is 1. The van der Waals surface area contributed by atoms with Gasteiger partial charge < -0.3 is 10.0 Å². The average molecular weight is 270 g/mol. The monoisotopic (exact) mass is 270 g/mol. The van der Waals surface area contributed by atoms with E-state index in [1.165, 1.54) is 12.1 Å². The van der Waals surface area contributed by atoms with Crippen molar-refractivity contribution in [2.24, 2.45) is 0 Å². The highest BCUT2D eigenvalue weighted by atomic mass is 19.1. The predicted octanol–water partition coefficient (Wildman–Crippen LogP) is 3.16. The SMILES string of the molecule is CN(c1ccccc1C#N)c1ccc(F)cc1C(=O)O. The van der Waals surface area contributed by atoms with E-state index in [-0.39, 0.29) is 5.56 Å². The number of anilines is 2. The van der Waals surface area contributed by atoms with Gasteiger partial charge in [0.25, 0.3) is 0 Å². The van der Waals surface area contributed by atoms with Gasteiger partial charge in [0.2, 0.25) is 0 Å². The van der Waals surface area contributed by atoms with E-state index in [4.69, 9.17) is 10.4 Å². The van der Waals surface area contributed by atoms with E-state index >= 15 is 0 Å².